The SMILES string of the molecule is CCC(O)c1cc2nccc(-c3cc(Cl)cc(C)c3OC3CCCNC3)c2s1. The molecule has 1 aromatic carbocycles. The van der Waals surface area contributed by atoms with E-state index >= 15 is 0 Å². The fourth-order valence-corrected chi connectivity index (χ4v) is 5.19. The summed E-state index contributed by atoms with van der Waals surface area (Å²) in [5.74, 6) is 0.886. The number of thiophene rings is 1. The van der Waals surface area contributed by atoms with E-state index in [2.05, 4.69) is 10.3 Å². The maximum Gasteiger partial charge on any atom is 0.130 e. The highest BCUT2D eigenvalue weighted by Crippen LogP contribution is 2.42. The zero-order valence-electron chi connectivity index (χ0n) is 16.2. The minimum Gasteiger partial charge on any atom is -0.488 e. The van der Waals surface area contributed by atoms with Gasteiger partial charge in [-0.15, -0.1) is 11.3 Å². The van der Waals surface area contributed by atoms with Gasteiger partial charge in [0.1, 0.15) is 11.9 Å². The second-order valence-electron chi connectivity index (χ2n) is 7.33. The number of aromatic nitrogens is 1. The lowest BCUT2D eigenvalue weighted by Gasteiger charge is -2.26. The van der Waals surface area contributed by atoms with Gasteiger partial charge >= 0.3 is 0 Å². The van der Waals surface area contributed by atoms with Crippen molar-refractivity contribution in [1.82, 2.24) is 10.3 Å². The number of piperidine rings is 1. The van der Waals surface area contributed by atoms with Gasteiger partial charge in [0.05, 0.1) is 16.3 Å². The molecule has 1 aliphatic heterocycles. The van der Waals surface area contributed by atoms with E-state index in [0.29, 0.717) is 11.4 Å². The van der Waals surface area contributed by atoms with Crippen LogP contribution >= 0.6 is 22.9 Å². The van der Waals surface area contributed by atoms with Gasteiger partial charge < -0.3 is 15.2 Å². The van der Waals surface area contributed by atoms with Crippen LogP contribution in [0.4, 0.5) is 0 Å². The van der Waals surface area contributed by atoms with Gasteiger partial charge in [0, 0.05) is 33.8 Å². The van der Waals surface area contributed by atoms with Gasteiger partial charge in [-0.25, -0.2) is 0 Å². The van der Waals surface area contributed by atoms with Crippen molar-refractivity contribution in [3.05, 3.63) is 45.9 Å². The number of nitrogens with one attached hydrogen (secondary N) is 1. The van der Waals surface area contributed by atoms with Crippen LogP contribution in [0.1, 0.15) is 42.7 Å². The van der Waals surface area contributed by atoms with Crippen molar-refractivity contribution in [2.24, 2.45) is 0 Å². The first kappa shape index (κ1) is 19.6. The average molecular weight is 417 g/mol. The molecule has 28 heavy (non-hydrogen) atoms. The van der Waals surface area contributed by atoms with E-state index in [1.165, 1.54) is 0 Å². The molecule has 2 N–H and O–H groups in total. The van der Waals surface area contributed by atoms with Crippen LogP contribution in [-0.4, -0.2) is 29.3 Å². The van der Waals surface area contributed by atoms with Crippen molar-refractivity contribution in [2.45, 2.75) is 45.3 Å². The number of hydrogen-bond donors (Lipinski definition) is 2. The van der Waals surface area contributed by atoms with Gasteiger partial charge in [-0.2, -0.15) is 0 Å². The Morgan fingerprint density at radius 1 is 1.36 bits per heavy atom. The van der Waals surface area contributed by atoms with Crippen LogP contribution in [0, 0.1) is 6.92 Å². The number of rotatable bonds is 5. The van der Waals surface area contributed by atoms with Crippen LogP contribution in [0.3, 0.4) is 0 Å². The Labute approximate surface area is 174 Å². The molecule has 2 atom stereocenters. The number of pyridine rings is 1. The molecular formula is C22H25ClN2O2S. The molecule has 0 saturated carbocycles. The van der Waals surface area contributed by atoms with Crippen molar-refractivity contribution in [3.8, 4) is 16.9 Å². The lowest BCUT2D eigenvalue weighted by Crippen LogP contribution is -2.37. The lowest BCUT2D eigenvalue weighted by molar-refractivity contribution is 0.167. The zero-order chi connectivity index (χ0) is 19.7. The Kier molecular flexibility index (Phi) is 5.88. The Bertz CT molecular complexity index is 982. The number of fused-ring (bicyclic) bond motifs is 1. The van der Waals surface area contributed by atoms with Crippen LogP contribution in [0.5, 0.6) is 5.75 Å². The number of halogens is 1. The molecule has 3 heterocycles. The van der Waals surface area contributed by atoms with E-state index in [9.17, 15) is 5.11 Å². The van der Waals surface area contributed by atoms with Crippen molar-refractivity contribution in [2.75, 3.05) is 13.1 Å². The normalized spacial score (nSPS) is 18.4. The Morgan fingerprint density at radius 3 is 2.96 bits per heavy atom. The van der Waals surface area contributed by atoms with E-state index in [1.807, 2.05) is 44.3 Å². The summed E-state index contributed by atoms with van der Waals surface area (Å²) in [4.78, 5) is 5.45. The quantitative estimate of drug-likeness (QED) is 0.576. The third kappa shape index (κ3) is 3.90. The standard InChI is InChI=1S/C22H25ClN2O2S/c1-3-19(26)20-11-18-22(28-20)16(6-8-25-18)17-10-14(23)9-13(2)21(17)27-15-5-4-7-24-12-15/h6,8-11,15,19,24,26H,3-5,7,12H2,1-2H3. The molecule has 2 aromatic heterocycles. The highest BCUT2D eigenvalue weighted by Gasteiger charge is 2.21. The van der Waals surface area contributed by atoms with Crippen molar-refractivity contribution in [3.63, 3.8) is 0 Å². The Balaban J connectivity index is 1.83. The fraction of sp³-hybridized carbons (Fsp3) is 0.409. The summed E-state index contributed by atoms with van der Waals surface area (Å²) in [5, 5.41) is 14.4. The number of nitrogens with zero attached hydrogens (tertiary/aromatic N) is 1. The predicted molar refractivity (Wildman–Crippen MR) is 117 cm³/mol. The molecule has 0 radical (unpaired) electrons. The summed E-state index contributed by atoms with van der Waals surface area (Å²) >= 11 is 8.02. The maximum atomic E-state index is 10.3. The molecule has 1 saturated heterocycles. The number of benzene rings is 1. The summed E-state index contributed by atoms with van der Waals surface area (Å²) in [6.45, 7) is 5.93. The first-order valence-electron chi connectivity index (χ1n) is 9.81. The molecule has 6 heteroatoms. The molecule has 0 amide bonds. The molecule has 0 spiro atoms. The third-order valence-corrected chi connectivity index (χ3v) is 6.69. The molecule has 4 nitrogen and oxygen atoms in total. The topological polar surface area (TPSA) is 54.4 Å². The molecule has 3 aromatic rings. The molecule has 1 fully saturated rings. The number of aryl methyl sites for hydroxylation is 1. The summed E-state index contributed by atoms with van der Waals surface area (Å²) in [6.07, 6.45) is 4.36. The lowest BCUT2D eigenvalue weighted by atomic mass is 10.0. The molecule has 4 rings (SSSR count). The third-order valence-electron chi connectivity index (χ3n) is 5.21. The zero-order valence-corrected chi connectivity index (χ0v) is 17.7. The van der Waals surface area contributed by atoms with Crippen LogP contribution in [0.2, 0.25) is 5.02 Å². The smallest absolute Gasteiger partial charge is 0.130 e. The number of hydrogen-bond acceptors (Lipinski definition) is 5. The van der Waals surface area contributed by atoms with Gasteiger partial charge in [0.25, 0.3) is 0 Å². The van der Waals surface area contributed by atoms with Gasteiger partial charge in [0.2, 0.25) is 0 Å². The molecule has 1 aliphatic rings. The Hall–Kier alpha value is -1.66. The first-order valence-corrected chi connectivity index (χ1v) is 11.0. The van der Waals surface area contributed by atoms with Crippen LogP contribution in [0.15, 0.2) is 30.5 Å². The average Bonchev–Trinajstić information content (AvgIpc) is 3.14. The summed E-state index contributed by atoms with van der Waals surface area (Å²) in [6, 6.07) is 7.93. The predicted octanol–water partition coefficient (Wildman–Crippen LogP) is 5.50. The summed E-state index contributed by atoms with van der Waals surface area (Å²) < 4.78 is 7.52. The summed E-state index contributed by atoms with van der Waals surface area (Å²) in [5.41, 5.74) is 3.97. The number of aliphatic hydroxyl groups is 1. The monoisotopic (exact) mass is 416 g/mol. The molecule has 2 unspecified atom stereocenters. The van der Waals surface area contributed by atoms with Gasteiger partial charge in [-0.1, -0.05) is 18.5 Å². The Morgan fingerprint density at radius 2 is 2.21 bits per heavy atom. The number of ether oxygens (including phenoxy) is 1. The minimum atomic E-state index is -0.461. The van der Waals surface area contributed by atoms with E-state index < -0.39 is 6.10 Å². The van der Waals surface area contributed by atoms with E-state index in [-0.39, 0.29) is 6.10 Å². The van der Waals surface area contributed by atoms with E-state index in [1.54, 1.807) is 11.3 Å². The van der Waals surface area contributed by atoms with Crippen molar-refractivity contribution in [1.29, 1.82) is 0 Å². The molecule has 0 bridgehead atoms. The second kappa shape index (κ2) is 8.37. The molecular weight excluding hydrogens is 392 g/mol. The van der Waals surface area contributed by atoms with Gasteiger partial charge in [-0.05, 0) is 62.6 Å². The number of aliphatic hydroxyl groups excluding tert-OH is 1. The van der Waals surface area contributed by atoms with Crippen molar-refractivity contribution < 1.29 is 9.84 Å². The largest absolute Gasteiger partial charge is 0.488 e. The highest BCUT2D eigenvalue weighted by molar-refractivity contribution is 7.19. The maximum absolute atomic E-state index is 10.3. The van der Waals surface area contributed by atoms with Gasteiger partial charge in [0.15, 0.2) is 0 Å². The minimum absolute atomic E-state index is 0.158. The van der Waals surface area contributed by atoms with Gasteiger partial charge in [-0.3, -0.25) is 4.98 Å². The summed E-state index contributed by atoms with van der Waals surface area (Å²) in [7, 11) is 0. The van der Waals surface area contributed by atoms with Crippen molar-refractivity contribution >= 4 is 33.2 Å². The molecule has 0 aliphatic carbocycles. The van der Waals surface area contributed by atoms with Crippen LogP contribution in [-0.2, 0) is 0 Å². The first-order chi connectivity index (χ1) is 13.6. The fourth-order valence-electron chi connectivity index (χ4n) is 3.71. The van der Waals surface area contributed by atoms with E-state index in [0.717, 1.165) is 63.5 Å². The molecule has 148 valence electrons. The van der Waals surface area contributed by atoms with Crippen LogP contribution < -0.4 is 10.1 Å². The second-order valence-corrected chi connectivity index (χ2v) is 8.85. The van der Waals surface area contributed by atoms with E-state index in [4.69, 9.17) is 16.3 Å². The van der Waals surface area contributed by atoms with Crippen LogP contribution in [0.25, 0.3) is 21.3 Å². The highest BCUT2D eigenvalue weighted by atomic mass is 35.5.